The van der Waals surface area contributed by atoms with Crippen LogP contribution in [-0.4, -0.2) is 26.5 Å². The SMILES string of the molecule is Cc1c(C)n(Cc2ccc(-c3ccccc3C(=O)O)cc2)c2ccc(C(=O)N[C@@H](C)c3ccc([N+](=O)[O-])cc3)cc12.[Na+]. The predicted octanol–water partition coefficient (Wildman–Crippen LogP) is 4.07. The molecule has 0 fully saturated rings. The largest absolute Gasteiger partial charge is 1.00 e. The summed E-state index contributed by atoms with van der Waals surface area (Å²) in [4.78, 5) is 35.2. The molecule has 0 saturated heterocycles. The van der Waals surface area contributed by atoms with Crippen LogP contribution in [0.3, 0.4) is 0 Å². The summed E-state index contributed by atoms with van der Waals surface area (Å²) in [7, 11) is 0. The number of benzene rings is 4. The first-order valence-electron chi connectivity index (χ1n) is 13.2. The number of aryl methyl sites for hydroxylation is 1. The number of nitrogens with one attached hydrogen (secondary N) is 1. The van der Waals surface area contributed by atoms with Gasteiger partial charge in [0.1, 0.15) is 0 Å². The summed E-state index contributed by atoms with van der Waals surface area (Å²) >= 11 is 0. The van der Waals surface area contributed by atoms with Crippen LogP contribution in [-0.2, 0) is 6.54 Å². The Morgan fingerprint density at radius 2 is 1.62 bits per heavy atom. The number of aromatic carboxylic acids is 1. The van der Waals surface area contributed by atoms with Gasteiger partial charge in [-0.3, -0.25) is 14.9 Å². The van der Waals surface area contributed by atoms with E-state index in [9.17, 15) is 24.8 Å². The van der Waals surface area contributed by atoms with E-state index in [1.54, 1.807) is 24.3 Å². The molecule has 0 aliphatic heterocycles. The Bertz CT molecular complexity index is 1790. The number of nitro benzene ring substituents is 1. The van der Waals surface area contributed by atoms with Gasteiger partial charge in [-0.05, 0) is 72.9 Å². The molecular weight excluding hydrogens is 541 g/mol. The summed E-state index contributed by atoms with van der Waals surface area (Å²) in [5, 5.41) is 24.4. The fourth-order valence-electron chi connectivity index (χ4n) is 5.14. The molecule has 1 amide bonds. The second-order valence-corrected chi connectivity index (χ2v) is 10.1. The van der Waals surface area contributed by atoms with E-state index >= 15 is 0 Å². The van der Waals surface area contributed by atoms with Crippen LogP contribution in [0.5, 0.6) is 0 Å². The first-order valence-corrected chi connectivity index (χ1v) is 13.2. The number of nitrogens with zero attached hydrogens (tertiary/aromatic N) is 2. The number of carboxylic acids is 1. The van der Waals surface area contributed by atoms with Crippen molar-refractivity contribution >= 4 is 28.5 Å². The van der Waals surface area contributed by atoms with E-state index in [4.69, 9.17) is 0 Å². The Kier molecular flexibility index (Phi) is 9.31. The molecule has 0 bridgehead atoms. The number of hydrogen-bond acceptors (Lipinski definition) is 4. The fraction of sp³-hybridized carbons (Fsp3) is 0.152. The second-order valence-electron chi connectivity index (χ2n) is 10.1. The number of non-ortho nitro benzene ring substituents is 1. The average molecular weight is 571 g/mol. The van der Waals surface area contributed by atoms with Gasteiger partial charge < -0.3 is 15.0 Å². The Balaban J connectivity index is 0.00000405. The monoisotopic (exact) mass is 570 g/mol. The van der Waals surface area contributed by atoms with Gasteiger partial charge in [0.05, 0.1) is 16.5 Å². The maximum absolute atomic E-state index is 13.1. The summed E-state index contributed by atoms with van der Waals surface area (Å²) in [6.07, 6.45) is 0. The first kappa shape index (κ1) is 30.7. The molecule has 0 spiro atoms. The first-order chi connectivity index (χ1) is 19.6. The predicted molar refractivity (Wildman–Crippen MR) is 158 cm³/mol. The van der Waals surface area contributed by atoms with Crippen molar-refractivity contribution in [2.45, 2.75) is 33.4 Å². The van der Waals surface area contributed by atoms with Gasteiger partial charge in [-0.25, -0.2) is 4.79 Å². The van der Waals surface area contributed by atoms with E-state index in [2.05, 4.69) is 16.8 Å². The number of amides is 1. The summed E-state index contributed by atoms with van der Waals surface area (Å²) < 4.78 is 2.21. The van der Waals surface area contributed by atoms with Crippen LogP contribution >= 0.6 is 0 Å². The third kappa shape index (κ3) is 6.16. The molecule has 8 nitrogen and oxygen atoms in total. The molecule has 4 aromatic carbocycles. The molecule has 1 aromatic heterocycles. The van der Waals surface area contributed by atoms with Crippen molar-refractivity contribution in [2.75, 3.05) is 0 Å². The number of aromatic nitrogens is 1. The number of nitro groups is 1. The maximum Gasteiger partial charge on any atom is 1.00 e. The molecule has 0 radical (unpaired) electrons. The zero-order chi connectivity index (χ0) is 29.3. The molecule has 5 aromatic rings. The number of carboxylic acid groups (broad SMARTS) is 1. The van der Waals surface area contributed by atoms with Crippen LogP contribution in [0.2, 0.25) is 0 Å². The normalized spacial score (nSPS) is 11.5. The van der Waals surface area contributed by atoms with Crippen molar-refractivity contribution in [3.8, 4) is 11.1 Å². The van der Waals surface area contributed by atoms with Crippen LogP contribution in [0, 0.1) is 24.0 Å². The molecule has 0 unspecified atom stereocenters. The molecule has 5 rings (SSSR count). The Hall–Kier alpha value is -4.24. The molecule has 0 saturated carbocycles. The maximum atomic E-state index is 13.1. The zero-order valence-corrected chi connectivity index (χ0v) is 25.9. The minimum absolute atomic E-state index is 0. The van der Waals surface area contributed by atoms with E-state index in [-0.39, 0.29) is 52.8 Å². The fourth-order valence-corrected chi connectivity index (χ4v) is 5.14. The van der Waals surface area contributed by atoms with Gasteiger partial charge in [-0.15, -0.1) is 0 Å². The summed E-state index contributed by atoms with van der Waals surface area (Å²) in [6, 6.07) is 26.4. The summed E-state index contributed by atoms with van der Waals surface area (Å²) in [5.74, 6) is -1.18. The number of carbonyl (C=O) groups excluding carboxylic acids is 1. The second kappa shape index (κ2) is 12.7. The number of hydrogen-bond donors (Lipinski definition) is 2. The molecule has 1 heterocycles. The van der Waals surface area contributed by atoms with Gasteiger partial charge >= 0.3 is 35.5 Å². The summed E-state index contributed by atoms with van der Waals surface area (Å²) in [6.45, 7) is 6.57. The van der Waals surface area contributed by atoms with E-state index in [1.165, 1.54) is 12.1 Å². The Morgan fingerprint density at radius 1 is 0.952 bits per heavy atom. The van der Waals surface area contributed by atoms with Crippen molar-refractivity contribution < 1.29 is 49.2 Å². The van der Waals surface area contributed by atoms with Gasteiger partial charge in [-0.1, -0.05) is 54.6 Å². The van der Waals surface area contributed by atoms with Gasteiger partial charge in [0.25, 0.3) is 11.6 Å². The third-order valence-electron chi connectivity index (χ3n) is 7.62. The van der Waals surface area contributed by atoms with Gasteiger partial charge in [-0.2, -0.15) is 0 Å². The smallest absolute Gasteiger partial charge is 0.478 e. The molecule has 9 heteroatoms. The van der Waals surface area contributed by atoms with E-state index in [1.807, 2.05) is 68.4 Å². The number of carbonyl (C=O) groups is 2. The minimum Gasteiger partial charge on any atom is -0.478 e. The molecular formula is C33H29N3NaO5+. The number of fused-ring (bicyclic) bond motifs is 1. The van der Waals surface area contributed by atoms with Crippen LogP contribution in [0.25, 0.3) is 22.0 Å². The van der Waals surface area contributed by atoms with Crippen LogP contribution < -0.4 is 34.9 Å². The molecule has 1 atom stereocenters. The molecule has 42 heavy (non-hydrogen) atoms. The minimum atomic E-state index is -0.955. The van der Waals surface area contributed by atoms with Crippen molar-refractivity contribution in [1.82, 2.24) is 9.88 Å². The molecule has 206 valence electrons. The van der Waals surface area contributed by atoms with Gasteiger partial charge in [0.15, 0.2) is 0 Å². The van der Waals surface area contributed by atoms with Crippen molar-refractivity contribution in [3.05, 3.63) is 135 Å². The third-order valence-corrected chi connectivity index (χ3v) is 7.62. The Labute approximate surface area is 265 Å². The quantitative estimate of drug-likeness (QED) is 0.166. The molecule has 0 aliphatic carbocycles. The molecule has 2 N–H and O–H groups in total. The molecule has 0 aliphatic rings. The van der Waals surface area contributed by atoms with Crippen LogP contribution in [0.4, 0.5) is 5.69 Å². The average Bonchev–Trinajstić information content (AvgIpc) is 3.21. The van der Waals surface area contributed by atoms with E-state index in [0.717, 1.165) is 38.9 Å². The van der Waals surface area contributed by atoms with Crippen molar-refractivity contribution in [2.24, 2.45) is 0 Å². The van der Waals surface area contributed by atoms with Crippen LogP contribution in [0.1, 0.15) is 56.1 Å². The summed E-state index contributed by atoms with van der Waals surface area (Å²) in [5.41, 5.74) is 7.38. The zero-order valence-electron chi connectivity index (χ0n) is 23.9. The number of rotatable bonds is 8. The van der Waals surface area contributed by atoms with Gasteiger partial charge in [0, 0.05) is 40.8 Å². The van der Waals surface area contributed by atoms with Crippen molar-refractivity contribution in [1.29, 1.82) is 0 Å². The van der Waals surface area contributed by atoms with E-state index in [0.29, 0.717) is 17.7 Å². The van der Waals surface area contributed by atoms with Crippen LogP contribution in [0.15, 0.2) is 91.0 Å². The Morgan fingerprint density at radius 3 is 2.26 bits per heavy atom. The topological polar surface area (TPSA) is 114 Å². The van der Waals surface area contributed by atoms with Crippen molar-refractivity contribution in [3.63, 3.8) is 0 Å². The van der Waals surface area contributed by atoms with Gasteiger partial charge in [0.2, 0.25) is 0 Å². The van der Waals surface area contributed by atoms with E-state index < -0.39 is 10.9 Å². The standard InChI is InChI=1S/C33H29N3O5.Na/c1-20-22(3)35(19-23-8-10-25(11-9-23)28-6-4-5-7-29(28)33(38)39)31-17-14-26(18-30(20)31)32(37)34-21(2)24-12-15-27(16-13-24)36(40)41;/h4-18,21H,19H2,1-3H3,(H,34,37)(H,38,39);/q;+1/t21-;/m0./s1.